The molecule has 0 atom stereocenters. The van der Waals surface area contributed by atoms with Crippen molar-refractivity contribution in [2.75, 3.05) is 68.7 Å². The number of phenolic OH excluding ortho intramolecular Hbond substituents is 1. The molecule has 1 amide bonds. The Morgan fingerprint density at radius 2 is 1.23 bits per heavy atom. The molecule has 0 bridgehead atoms. The number of hydrogen-bond acceptors (Lipinski definition) is 6. The first-order chi connectivity index (χ1) is 15.0. The maximum atomic E-state index is 12.8. The zero-order valence-electron chi connectivity index (χ0n) is 18.0. The summed E-state index contributed by atoms with van der Waals surface area (Å²) >= 11 is 0. The van der Waals surface area contributed by atoms with Crippen LogP contribution in [0, 0.1) is 0 Å². The third kappa shape index (κ3) is 5.17. The number of benzene rings is 2. The highest BCUT2D eigenvalue weighted by molar-refractivity contribution is 5.94. The van der Waals surface area contributed by atoms with Gasteiger partial charge in [-0.25, -0.2) is 0 Å². The van der Waals surface area contributed by atoms with Gasteiger partial charge in [0.05, 0.1) is 6.54 Å². The van der Waals surface area contributed by atoms with E-state index in [4.69, 9.17) is 0 Å². The second-order valence-corrected chi connectivity index (χ2v) is 8.25. The Morgan fingerprint density at radius 1 is 0.742 bits per heavy atom. The zero-order chi connectivity index (χ0) is 21.8. The van der Waals surface area contributed by atoms with Crippen LogP contribution in [0.15, 0.2) is 48.5 Å². The van der Waals surface area contributed by atoms with Crippen LogP contribution in [0.5, 0.6) is 5.75 Å². The van der Waals surface area contributed by atoms with E-state index in [1.165, 1.54) is 0 Å². The van der Waals surface area contributed by atoms with Crippen LogP contribution >= 0.6 is 0 Å². The number of phenols is 1. The van der Waals surface area contributed by atoms with E-state index in [0.29, 0.717) is 6.54 Å². The third-order valence-corrected chi connectivity index (χ3v) is 6.22. The first-order valence-corrected chi connectivity index (χ1v) is 10.9. The van der Waals surface area contributed by atoms with Gasteiger partial charge in [-0.1, -0.05) is 0 Å². The van der Waals surface area contributed by atoms with Crippen molar-refractivity contribution in [3.05, 3.63) is 54.1 Å². The number of Topliss-reactive ketones (excluding diaryl/α,β-unsaturated/α-hetero) is 1. The lowest BCUT2D eigenvalue weighted by Crippen LogP contribution is -2.54. The first kappa shape index (κ1) is 21.2. The van der Waals surface area contributed by atoms with E-state index < -0.39 is 0 Å². The lowest BCUT2D eigenvalue weighted by atomic mass is 10.1. The van der Waals surface area contributed by atoms with Gasteiger partial charge in [0.25, 0.3) is 0 Å². The third-order valence-electron chi connectivity index (χ3n) is 6.22. The molecule has 7 heteroatoms. The Balaban J connectivity index is 1.22. The summed E-state index contributed by atoms with van der Waals surface area (Å²) in [6.45, 7) is 8.57. The Morgan fingerprint density at radius 3 is 1.74 bits per heavy atom. The van der Waals surface area contributed by atoms with Gasteiger partial charge < -0.3 is 19.8 Å². The topological polar surface area (TPSA) is 67.3 Å². The van der Waals surface area contributed by atoms with Gasteiger partial charge in [-0.3, -0.25) is 14.5 Å². The van der Waals surface area contributed by atoms with E-state index in [1.54, 1.807) is 19.1 Å². The minimum atomic E-state index is 0.0822. The van der Waals surface area contributed by atoms with Crippen molar-refractivity contribution in [2.24, 2.45) is 0 Å². The molecule has 2 fully saturated rings. The lowest BCUT2D eigenvalue weighted by Gasteiger charge is -2.39. The predicted molar refractivity (Wildman–Crippen MR) is 122 cm³/mol. The van der Waals surface area contributed by atoms with Gasteiger partial charge in [0.15, 0.2) is 5.78 Å². The number of aromatic hydroxyl groups is 1. The van der Waals surface area contributed by atoms with Crippen molar-refractivity contribution < 1.29 is 14.7 Å². The molecule has 0 radical (unpaired) electrons. The quantitative estimate of drug-likeness (QED) is 0.744. The van der Waals surface area contributed by atoms with Crippen LogP contribution in [0.2, 0.25) is 0 Å². The maximum absolute atomic E-state index is 12.8. The van der Waals surface area contributed by atoms with E-state index in [1.807, 2.05) is 41.3 Å². The van der Waals surface area contributed by atoms with Crippen molar-refractivity contribution in [1.82, 2.24) is 9.80 Å². The maximum Gasteiger partial charge on any atom is 0.236 e. The molecule has 2 heterocycles. The summed E-state index contributed by atoms with van der Waals surface area (Å²) < 4.78 is 0. The monoisotopic (exact) mass is 422 g/mol. The molecule has 2 aromatic rings. The van der Waals surface area contributed by atoms with E-state index in [0.717, 1.165) is 69.3 Å². The number of carbonyl (C=O) groups is 2. The van der Waals surface area contributed by atoms with Crippen LogP contribution in [0.1, 0.15) is 17.3 Å². The molecule has 2 aliphatic rings. The van der Waals surface area contributed by atoms with E-state index in [-0.39, 0.29) is 17.4 Å². The normalized spacial score (nSPS) is 17.6. The van der Waals surface area contributed by atoms with Crippen LogP contribution in [-0.4, -0.2) is 85.5 Å². The highest BCUT2D eigenvalue weighted by Crippen LogP contribution is 2.20. The number of amides is 1. The van der Waals surface area contributed by atoms with Crippen LogP contribution < -0.4 is 9.80 Å². The minimum Gasteiger partial charge on any atom is -0.508 e. The second kappa shape index (κ2) is 9.39. The number of hydrogen-bond donors (Lipinski definition) is 1. The summed E-state index contributed by atoms with van der Waals surface area (Å²) in [7, 11) is 0. The average molecular weight is 423 g/mol. The summed E-state index contributed by atoms with van der Waals surface area (Å²) in [5, 5.41) is 9.45. The van der Waals surface area contributed by atoms with Gasteiger partial charge in [-0.05, 0) is 55.5 Å². The number of anilines is 2. The smallest absolute Gasteiger partial charge is 0.236 e. The molecule has 0 spiro atoms. The van der Waals surface area contributed by atoms with Crippen molar-refractivity contribution in [3.63, 3.8) is 0 Å². The number of ketones is 1. The summed E-state index contributed by atoms with van der Waals surface area (Å²) in [5.74, 6) is 0.550. The van der Waals surface area contributed by atoms with Crippen LogP contribution in [0.25, 0.3) is 0 Å². The second-order valence-electron chi connectivity index (χ2n) is 8.25. The van der Waals surface area contributed by atoms with E-state index >= 15 is 0 Å². The van der Waals surface area contributed by atoms with Gasteiger partial charge in [-0.2, -0.15) is 0 Å². The van der Waals surface area contributed by atoms with Gasteiger partial charge in [0.2, 0.25) is 5.91 Å². The van der Waals surface area contributed by atoms with Crippen LogP contribution in [0.4, 0.5) is 11.4 Å². The lowest BCUT2D eigenvalue weighted by molar-refractivity contribution is -0.132. The summed E-state index contributed by atoms with van der Waals surface area (Å²) in [6.07, 6.45) is 0. The fourth-order valence-corrected chi connectivity index (χ4v) is 4.24. The van der Waals surface area contributed by atoms with Gasteiger partial charge in [0.1, 0.15) is 5.75 Å². The Kier molecular flexibility index (Phi) is 6.42. The molecule has 31 heavy (non-hydrogen) atoms. The molecule has 0 unspecified atom stereocenters. The highest BCUT2D eigenvalue weighted by Gasteiger charge is 2.25. The number of carbonyl (C=O) groups excluding carboxylic acids is 2. The van der Waals surface area contributed by atoms with Crippen molar-refractivity contribution in [2.45, 2.75) is 6.92 Å². The number of piperazine rings is 2. The average Bonchev–Trinajstić information content (AvgIpc) is 2.80. The van der Waals surface area contributed by atoms with Gasteiger partial charge >= 0.3 is 0 Å². The molecule has 2 aromatic carbocycles. The molecule has 7 nitrogen and oxygen atoms in total. The fraction of sp³-hybridized carbons (Fsp3) is 0.417. The van der Waals surface area contributed by atoms with E-state index in [2.05, 4.69) is 14.7 Å². The molecule has 4 rings (SSSR count). The Labute approximate surface area is 183 Å². The Hall–Kier alpha value is -3.06. The summed E-state index contributed by atoms with van der Waals surface area (Å²) in [6, 6.07) is 15.0. The number of rotatable bonds is 5. The van der Waals surface area contributed by atoms with Gasteiger partial charge in [0, 0.05) is 69.3 Å². The van der Waals surface area contributed by atoms with Gasteiger partial charge in [-0.15, -0.1) is 0 Å². The van der Waals surface area contributed by atoms with Crippen molar-refractivity contribution >= 4 is 23.1 Å². The van der Waals surface area contributed by atoms with Crippen LogP contribution in [-0.2, 0) is 4.79 Å². The minimum absolute atomic E-state index is 0.0822. The standard InChI is InChI=1S/C24H30N4O3/c1-19(29)20-2-4-21(5-3-20)26-12-10-25(11-13-26)18-24(31)28-16-14-27(15-17-28)22-6-8-23(30)9-7-22/h2-9,30H,10-18H2,1H3. The zero-order valence-corrected chi connectivity index (χ0v) is 18.0. The molecule has 2 aliphatic heterocycles. The number of nitrogens with zero attached hydrogens (tertiary/aromatic N) is 4. The Bertz CT molecular complexity index is 897. The summed E-state index contributed by atoms with van der Waals surface area (Å²) in [4.78, 5) is 33.0. The predicted octanol–water partition coefficient (Wildman–Crippen LogP) is 2.07. The highest BCUT2D eigenvalue weighted by atomic mass is 16.3. The molecule has 164 valence electrons. The largest absolute Gasteiger partial charge is 0.508 e. The molecule has 0 aliphatic carbocycles. The molecule has 2 saturated heterocycles. The fourth-order valence-electron chi connectivity index (χ4n) is 4.24. The van der Waals surface area contributed by atoms with E-state index in [9.17, 15) is 14.7 Å². The molecule has 1 N–H and O–H groups in total. The van der Waals surface area contributed by atoms with Crippen LogP contribution in [0.3, 0.4) is 0 Å². The van der Waals surface area contributed by atoms with Crippen molar-refractivity contribution in [1.29, 1.82) is 0 Å². The molecule has 0 aromatic heterocycles. The first-order valence-electron chi connectivity index (χ1n) is 10.9. The molecule has 0 saturated carbocycles. The van der Waals surface area contributed by atoms with Crippen molar-refractivity contribution in [3.8, 4) is 5.75 Å². The molecular weight excluding hydrogens is 392 g/mol. The summed E-state index contributed by atoms with van der Waals surface area (Å²) in [5.41, 5.74) is 2.94. The SMILES string of the molecule is CC(=O)c1ccc(N2CCN(CC(=O)N3CCN(c4ccc(O)cc4)CC3)CC2)cc1. The molecular formula is C24H30N4O3.